The Morgan fingerprint density at radius 2 is 2.07 bits per heavy atom. The number of thiazole rings is 1. The summed E-state index contributed by atoms with van der Waals surface area (Å²) >= 11 is 2.58. The van der Waals surface area contributed by atoms with Crippen molar-refractivity contribution < 1.29 is 17.9 Å². The van der Waals surface area contributed by atoms with Crippen LogP contribution in [0.1, 0.15) is 30.0 Å². The Labute approximate surface area is 166 Å². The number of nitrogens with zero attached hydrogens (tertiary/aromatic N) is 1. The Bertz CT molecular complexity index is 1070. The van der Waals surface area contributed by atoms with Gasteiger partial charge in [-0.1, -0.05) is 0 Å². The molecule has 0 radical (unpaired) electrons. The molecule has 4 rings (SSSR count). The lowest BCUT2D eigenvalue weighted by Gasteiger charge is -2.19. The Hall–Kier alpha value is -1.68. The summed E-state index contributed by atoms with van der Waals surface area (Å²) in [5, 5.41) is 3.24. The molecule has 1 aliphatic heterocycles. The molecule has 0 bridgehead atoms. The van der Waals surface area contributed by atoms with Crippen LogP contribution in [0.15, 0.2) is 27.8 Å². The fourth-order valence-electron chi connectivity index (χ4n) is 3.24. The highest BCUT2D eigenvalue weighted by molar-refractivity contribution is 7.95. The number of ether oxygens (including phenoxy) is 2. The van der Waals surface area contributed by atoms with E-state index in [1.807, 2.05) is 30.5 Å². The number of rotatable bonds is 5. The average Bonchev–Trinajstić information content (AvgIpc) is 3.27. The van der Waals surface area contributed by atoms with Gasteiger partial charge in [0.2, 0.25) is 0 Å². The molecule has 2 aromatic heterocycles. The van der Waals surface area contributed by atoms with Crippen molar-refractivity contribution in [3.8, 4) is 5.75 Å². The monoisotopic (exact) mass is 424 g/mol. The minimum atomic E-state index is -3.69. The van der Waals surface area contributed by atoms with E-state index in [2.05, 4.69) is 9.71 Å². The molecule has 1 aromatic carbocycles. The number of aryl methyl sites for hydroxylation is 1. The van der Waals surface area contributed by atoms with Crippen molar-refractivity contribution in [1.82, 2.24) is 4.98 Å². The maximum absolute atomic E-state index is 12.9. The predicted molar refractivity (Wildman–Crippen MR) is 109 cm³/mol. The molecule has 0 amide bonds. The number of anilines is 1. The van der Waals surface area contributed by atoms with Gasteiger partial charge in [0.1, 0.15) is 9.96 Å². The van der Waals surface area contributed by atoms with Crippen molar-refractivity contribution >= 4 is 47.9 Å². The number of thiophene rings is 1. The molecule has 3 heterocycles. The van der Waals surface area contributed by atoms with Crippen molar-refractivity contribution in [2.24, 2.45) is 0 Å². The maximum Gasteiger partial charge on any atom is 0.273 e. The Morgan fingerprint density at radius 1 is 1.30 bits per heavy atom. The number of nitrogens with one attached hydrogen (secondary N) is 1. The Kier molecular flexibility index (Phi) is 5.11. The van der Waals surface area contributed by atoms with Crippen LogP contribution in [0.3, 0.4) is 0 Å². The largest absolute Gasteiger partial charge is 0.497 e. The van der Waals surface area contributed by atoms with Crippen LogP contribution in [-0.2, 0) is 14.8 Å². The van der Waals surface area contributed by atoms with Crippen LogP contribution in [0.4, 0.5) is 5.13 Å². The summed E-state index contributed by atoms with van der Waals surface area (Å²) in [5.41, 5.74) is 1.67. The van der Waals surface area contributed by atoms with Crippen LogP contribution in [0.5, 0.6) is 5.75 Å². The lowest BCUT2D eigenvalue weighted by Crippen LogP contribution is -2.15. The quantitative estimate of drug-likeness (QED) is 0.658. The molecule has 144 valence electrons. The second kappa shape index (κ2) is 7.38. The zero-order valence-corrected chi connectivity index (χ0v) is 17.5. The lowest BCUT2D eigenvalue weighted by molar-refractivity contribution is 0.0846. The molecule has 6 nitrogen and oxygen atoms in total. The van der Waals surface area contributed by atoms with Gasteiger partial charge in [0, 0.05) is 34.6 Å². The molecule has 1 saturated heterocycles. The molecule has 1 aliphatic rings. The molecule has 0 spiro atoms. The number of methoxy groups -OCH3 is 1. The molecule has 0 aliphatic carbocycles. The van der Waals surface area contributed by atoms with E-state index < -0.39 is 10.0 Å². The van der Waals surface area contributed by atoms with E-state index in [0.29, 0.717) is 21.0 Å². The van der Waals surface area contributed by atoms with Gasteiger partial charge in [-0.2, -0.15) is 0 Å². The van der Waals surface area contributed by atoms with Gasteiger partial charge >= 0.3 is 0 Å². The van der Waals surface area contributed by atoms with Gasteiger partial charge < -0.3 is 9.47 Å². The highest BCUT2D eigenvalue weighted by Gasteiger charge is 2.24. The van der Waals surface area contributed by atoms with Crippen LogP contribution in [0.2, 0.25) is 0 Å². The number of benzene rings is 1. The van der Waals surface area contributed by atoms with Crippen molar-refractivity contribution in [3.63, 3.8) is 0 Å². The third-order valence-corrected chi connectivity index (χ3v) is 8.86. The first-order chi connectivity index (χ1) is 13.0. The fraction of sp³-hybridized carbons (Fsp3) is 0.389. The molecule has 9 heteroatoms. The standard InChI is InChI=1S/C18H20N2O4S3/c1-11-14-9-13(23-2)3-4-16(14)26-17(11)27(21,22)20-18-19-15(10-25-18)12-5-7-24-8-6-12/h3-4,9-10,12H,5-8H2,1-2H3,(H,19,20). The molecule has 27 heavy (non-hydrogen) atoms. The molecular weight excluding hydrogens is 404 g/mol. The maximum atomic E-state index is 12.9. The summed E-state index contributed by atoms with van der Waals surface area (Å²) in [6.07, 6.45) is 1.85. The van der Waals surface area contributed by atoms with E-state index in [1.165, 1.54) is 22.7 Å². The fourth-order valence-corrected chi connectivity index (χ4v) is 7.03. The molecular formula is C18H20N2O4S3. The summed E-state index contributed by atoms with van der Waals surface area (Å²) in [6, 6.07) is 5.59. The molecule has 0 saturated carbocycles. The first-order valence-corrected chi connectivity index (χ1v) is 11.8. The van der Waals surface area contributed by atoms with Gasteiger partial charge in [-0.05, 0) is 43.5 Å². The third kappa shape index (κ3) is 3.69. The molecule has 0 atom stereocenters. The van der Waals surface area contributed by atoms with Crippen molar-refractivity contribution in [2.45, 2.75) is 29.9 Å². The predicted octanol–water partition coefficient (Wildman–Crippen LogP) is 4.37. The molecule has 1 N–H and O–H groups in total. The number of sulfonamides is 1. The first-order valence-electron chi connectivity index (χ1n) is 8.61. The van der Waals surface area contributed by atoms with Gasteiger partial charge in [0.05, 0.1) is 12.8 Å². The highest BCUT2D eigenvalue weighted by atomic mass is 32.2. The van der Waals surface area contributed by atoms with Gasteiger partial charge in [-0.3, -0.25) is 4.72 Å². The summed E-state index contributed by atoms with van der Waals surface area (Å²) in [7, 11) is -2.09. The van der Waals surface area contributed by atoms with E-state index in [-0.39, 0.29) is 0 Å². The van der Waals surface area contributed by atoms with E-state index in [0.717, 1.165) is 47.4 Å². The van der Waals surface area contributed by atoms with Crippen LogP contribution in [0, 0.1) is 6.92 Å². The zero-order chi connectivity index (χ0) is 19.0. The summed E-state index contributed by atoms with van der Waals surface area (Å²) < 4.78 is 40.4. The smallest absolute Gasteiger partial charge is 0.273 e. The van der Waals surface area contributed by atoms with Gasteiger partial charge in [0.15, 0.2) is 5.13 Å². The van der Waals surface area contributed by atoms with E-state index >= 15 is 0 Å². The van der Waals surface area contributed by atoms with Crippen LogP contribution >= 0.6 is 22.7 Å². The van der Waals surface area contributed by atoms with Gasteiger partial charge in [0.25, 0.3) is 10.0 Å². The topological polar surface area (TPSA) is 77.5 Å². The minimum absolute atomic E-state index is 0.313. The summed E-state index contributed by atoms with van der Waals surface area (Å²) in [6.45, 7) is 3.28. The molecule has 3 aromatic rings. The van der Waals surface area contributed by atoms with Crippen molar-refractivity contribution in [1.29, 1.82) is 0 Å². The van der Waals surface area contributed by atoms with E-state index in [1.54, 1.807) is 7.11 Å². The summed E-state index contributed by atoms with van der Waals surface area (Å²) in [4.78, 5) is 4.51. The van der Waals surface area contributed by atoms with Crippen molar-refractivity contribution in [2.75, 3.05) is 25.0 Å². The average molecular weight is 425 g/mol. The number of hydrogen-bond donors (Lipinski definition) is 1. The van der Waals surface area contributed by atoms with E-state index in [9.17, 15) is 8.42 Å². The number of hydrogen-bond acceptors (Lipinski definition) is 7. The van der Waals surface area contributed by atoms with Crippen molar-refractivity contribution in [3.05, 3.63) is 34.8 Å². The summed E-state index contributed by atoms with van der Waals surface area (Å²) in [5.74, 6) is 1.05. The number of fused-ring (bicyclic) bond motifs is 1. The highest BCUT2D eigenvalue weighted by Crippen LogP contribution is 2.37. The van der Waals surface area contributed by atoms with Crippen LogP contribution < -0.4 is 9.46 Å². The van der Waals surface area contributed by atoms with Crippen LogP contribution in [-0.4, -0.2) is 33.7 Å². The van der Waals surface area contributed by atoms with Gasteiger partial charge in [-0.25, -0.2) is 13.4 Å². The molecule has 0 unspecified atom stereocenters. The first kappa shape index (κ1) is 18.7. The lowest BCUT2D eigenvalue weighted by atomic mass is 9.98. The molecule has 1 fully saturated rings. The van der Waals surface area contributed by atoms with E-state index in [4.69, 9.17) is 9.47 Å². The second-order valence-electron chi connectivity index (χ2n) is 6.45. The second-order valence-corrected chi connectivity index (χ2v) is 10.2. The third-order valence-electron chi connectivity index (χ3n) is 4.73. The SMILES string of the molecule is COc1ccc2sc(S(=O)(=O)Nc3nc(C4CCOCC4)cs3)c(C)c2c1. The van der Waals surface area contributed by atoms with Crippen LogP contribution in [0.25, 0.3) is 10.1 Å². The Morgan fingerprint density at radius 3 is 2.81 bits per heavy atom. The normalized spacial score (nSPS) is 15.9. The van der Waals surface area contributed by atoms with Gasteiger partial charge in [-0.15, -0.1) is 22.7 Å². The number of aromatic nitrogens is 1. The zero-order valence-electron chi connectivity index (χ0n) is 15.0. The Balaban J connectivity index is 1.61. The minimum Gasteiger partial charge on any atom is -0.497 e.